The van der Waals surface area contributed by atoms with Crippen LogP contribution in [0.25, 0.3) is 0 Å². The molecular weight excluding hydrogens is 304 g/mol. The van der Waals surface area contributed by atoms with Gasteiger partial charge in [0.15, 0.2) is 0 Å². The molecule has 1 aromatic carbocycles. The fraction of sp³-hybridized carbons (Fsp3) is 0.474. The molecule has 1 aromatic heterocycles. The van der Waals surface area contributed by atoms with Gasteiger partial charge in [-0.2, -0.15) is 0 Å². The van der Waals surface area contributed by atoms with Crippen LogP contribution in [-0.2, 0) is 25.8 Å². The minimum atomic E-state index is 0.00455. The van der Waals surface area contributed by atoms with Crippen LogP contribution in [0.2, 0.25) is 0 Å². The van der Waals surface area contributed by atoms with Crippen LogP contribution in [0, 0.1) is 0 Å². The van der Waals surface area contributed by atoms with Crippen LogP contribution < -0.4 is 4.74 Å². The minimum Gasteiger partial charge on any atom is -0.490 e. The molecular formula is C19H22N2O3. The number of nitrogens with zero attached hydrogens (tertiary/aromatic N) is 2. The summed E-state index contributed by atoms with van der Waals surface area (Å²) in [6, 6.07) is 5.70. The number of rotatable bonds is 3. The molecule has 2 aliphatic rings. The molecule has 0 fully saturated rings. The molecule has 5 heteroatoms. The molecule has 2 aromatic rings. The highest BCUT2D eigenvalue weighted by molar-refractivity contribution is 5.94. The summed E-state index contributed by atoms with van der Waals surface area (Å²) in [7, 11) is 1.82. The first-order valence-corrected chi connectivity index (χ1v) is 8.63. The lowest BCUT2D eigenvalue weighted by Crippen LogP contribution is -2.27. The summed E-state index contributed by atoms with van der Waals surface area (Å²) in [5.41, 5.74) is 3.92. The highest BCUT2D eigenvalue weighted by Gasteiger charge is 2.24. The second-order valence-corrected chi connectivity index (χ2v) is 6.85. The third-order valence-electron chi connectivity index (χ3n) is 4.91. The van der Waals surface area contributed by atoms with Crippen LogP contribution in [0.15, 0.2) is 22.7 Å². The van der Waals surface area contributed by atoms with E-state index in [1.54, 1.807) is 4.90 Å². The van der Waals surface area contributed by atoms with Gasteiger partial charge in [-0.15, -0.1) is 0 Å². The van der Waals surface area contributed by atoms with Crippen molar-refractivity contribution in [3.8, 4) is 5.75 Å². The Morgan fingerprint density at radius 1 is 1.33 bits per heavy atom. The highest BCUT2D eigenvalue weighted by Crippen LogP contribution is 2.30. The standard InChI is InChI=1S/C19H22N2O3/c1-12-9-14-10-13(7-8-17(14)23-12)19(22)21(2)11-16-15-5-3-4-6-18(15)24-20-16/h7-8,10,12H,3-6,9,11H2,1-2H3/t12-/m0/s1. The van der Waals surface area contributed by atoms with Gasteiger partial charge < -0.3 is 14.2 Å². The quantitative estimate of drug-likeness (QED) is 0.869. The first-order valence-electron chi connectivity index (χ1n) is 8.63. The maximum Gasteiger partial charge on any atom is 0.253 e. The maximum atomic E-state index is 12.7. The van der Waals surface area contributed by atoms with Crippen LogP contribution >= 0.6 is 0 Å². The van der Waals surface area contributed by atoms with Gasteiger partial charge >= 0.3 is 0 Å². The van der Waals surface area contributed by atoms with Crippen LogP contribution in [-0.4, -0.2) is 29.1 Å². The number of benzene rings is 1. The summed E-state index contributed by atoms with van der Waals surface area (Å²) in [5, 5.41) is 4.19. The first-order chi connectivity index (χ1) is 11.6. The van der Waals surface area contributed by atoms with Crippen molar-refractivity contribution in [3.63, 3.8) is 0 Å². The maximum absolute atomic E-state index is 12.7. The minimum absolute atomic E-state index is 0.00455. The van der Waals surface area contributed by atoms with Crippen molar-refractivity contribution < 1.29 is 14.1 Å². The number of ether oxygens (including phenoxy) is 1. The van der Waals surface area contributed by atoms with E-state index in [2.05, 4.69) is 5.16 Å². The van der Waals surface area contributed by atoms with Gasteiger partial charge in [0.25, 0.3) is 5.91 Å². The van der Waals surface area contributed by atoms with E-state index >= 15 is 0 Å². The van der Waals surface area contributed by atoms with Crippen molar-refractivity contribution in [2.75, 3.05) is 7.05 Å². The van der Waals surface area contributed by atoms with Crippen molar-refractivity contribution in [2.24, 2.45) is 0 Å². The van der Waals surface area contributed by atoms with Crippen molar-refractivity contribution >= 4 is 5.91 Å². The Morgan fingerprint density at radius 3 is 3.04 bits per heavy atom. The van der Waals surface area contributed by atoms with E-state index in [4.69, 9.17) is 9.26 Å². The second kappa shape index (κ2) is 5.96. The molecule has 1 aliphatic carbocycles. The molecule has 1 aliphatic heterocycles. The molecule has 0 unspecified atom stereocenters. The lowest BCUT2D eigenvalue weighted by molar-refractivity contribution is 0.0782. The number of amides is 1. The Morgan fingerprint density at radius 2 is 2.17 bits per heavy atom. The van der Waals surface area contributed by atoms with Gasteiger partial charge in [0.1, 0.15) is 23.3 Å². The number of hydrogen-bond acceptors (Lipinski definition) is 4. The van der Waals surface area contributed by atoms with Crippen LogP contribution in [0.5, 0.6) is 5.75 Å². The number of aryl methyl sites for hydroxylation is 1. The van der Waals surface area contributed by atoms with Gasteiger partial charge in [0, 0.05) is 31.0 Å². The van der Waals surface area contributed by atoms with E-state index in [1.165, 1.54) is 12.0 Å². The zero-order valence-electron chi connectivity index (χ0n) is 14.2. The highest BCUT2D eigenvalue weighted by atomic mass is 16.5. The predicted octanol–water partition coefficient (Wildman–Crippen LogP) is 3.15. The Hall–Kier alpha value is -2.30. The molecule has 0 saturated heterocycles. The summed E-state index contributed by atoms with van der Waals surface area (Å²) in [6.45, 7) is 2.53. The SMILES string of the molecule is C[C@H]1Cc2cc(C(=O)N(C)Cc3noc4c3CCCC4)ccc2O1. The monoisotopic (exact) mass is 326 g/mol. The number of fused-ring (bicyclic) bond motifs is 2. The molecule has 4 rings (SSSR count). The number of aromatic nitrogens is 1. The molecule has 24 heavy (non-hydrogen) atoms. The molecule has 2 heterocycles. The molecule has 0 radical (unpaired) electrons. The van der Waals surface area contributed by atoms with E-state index in [9.17, 15) is 4.79 Å². The average molecular weight is 326 g/mol. The Bertz CT molecular complexity index is 781. The van der Waals surface area contributed by atoms with Crippen molar-refractivity contribution in [1.82, 2.24) is 10.1 Å². The van der Waals surface area contributed by atoms with Gasteiger partial charge in [-0.3, -0.25) is 4.79 Å². The topological polar surface area (TPSA) is 55.6 Å². The third-order valence-corrected chi connectivity index (χ3v) is 4.91. The summed E-state index contributed by atoms with van der Waals surface area (Å²) in [5.74, 6) is 1.90. The number of carbonyl (C=O) groups excluding carboxylic acids is 1. The molecule has 1 amide bonds. The van der Waals surface area contributed by atoms with Gasteiger partial charge in [-0.05, 0) is 49.9 Å². The molecule has 5 nitrogen and oxygen atoms in total. The van der Waals surface area contributed by atoms with E-state index in [-0.39, 0.29) is 12.0 Å². The lowest BCUT2D eigenvalue weighted by Gasteiger charge is -2.17. The summed E-state index contributed by atoms with van der Waals surface area (Å²) >= 11 is 0. The molecule has 0 spiro atoms. The lowest BCUT2D eigenvalue weighted by atomic mass is 9.96. The van der Waals surface area contributed by atoms with Gasteiger partial charge in [-0.1, -0.05) is 5.16 Å². The van der Waals surface area contributed by atoms with Crippen molar-refractivity contribution in [2.45, 2.75) is 51.7 Å². The van der Waals surface area contributed by atoms with E-state index in [1.807, 2.05) is 32.2 Å². The fourth-order valence-electron chi connectivity index (χ4n) is 3.65. The van der Waals surface area contributed by atoms with Crippen LogP contribution in [0.3, 0.4) is 0 Å². The van der Waals surface area contributed by atoms with E-state index in [0.717, 1.165) is 48.5 Å². The van der Waals surface area contributed by atoms with Crippen molar-refractivity contribution in [3.05, 3.63) is 46.3 Å². The normalized spacial score (nSPS) is 18.7. The summed E-state index contributed by atoms with van der Waals surface area (Å²) < 4.78 is 11.1. The van der Waals surface area contributed by atoms with Crippen LogP contribution in [0.4, 0.5) is 0 Å². The molecule has 1 atom stereocenters. The van der Waals surface area contributed by atoms with E-state index in [0.29, 0.717) is 12.1 Å². The van der Waals surface area contributed by atoms with Crippen LogP contribution in [0.1, 0.15) is 52.7 Å². The Labute approximate surface area is 141 Å². The molecule has 0 bridgehead atoms. The average Bonchev–Trinajstić information content (AvgIpc) is 3.16. The van der Waals surface area contributed by atoms with Gasteiger partial charge in [-0.25, -0.2) is 0 Å². The van der Waals surface area contributed by atoms with E-state index < -0.39 is 0 Å². The Balaban J connectivity index is 1.51. The predicted molar refractivity (Wildman–Crippen MR) is 89.2 cm³/mol. The van der Waals surface area contributed by atoms with Gasteiger partial charge in [0.05, 0.1) is 6.54 Å². The summed E-state index contributed by atoms with van der Waals surface area (Å²) in [4.78, 5) is 14.5. The smallest absolute Gasteiger partial charge is 0.253 e. The second-order valence-electron chi connectivity index (χ2n) is 6.85. The zero-order chi connectivity index (χ0) is 16.7. The van der Waals surface area contributed by atoms with Gasteiger partial charge in [0.2, 0.25) is 0 Å². The number of hydrogen-bond donors (Lipinski definition) is 0. The summed E-state index contributed by atoms with van der Waals surface area (Å²) in [6.07, 6.45) is 5.34. The fourth-order valence-corrected chi connectivity index (χ4v) is 3.65. The zero-order valence-corrected chi connectivity index (χ0v) is 14.2. The molecule has 126 valence electrons. The largest absolute Gasteiger partial charge is 0.490 e. The molecule has 0 N–H and O–H groups in total. The first kappa shape index (κ1) is 15.2. The Kier molecular flexibility index (Phi) is 3.79. The number of carbonyl (C=O) groups is 1. The third kappa shape index (κ3) is 2.68. The van der Waals surface area contributed by atoms with Crippen molar-refractivity contribution in [1.29, 1.82) is 0 Å². The molecule has 0 saturated carbocycles.